The maximum atomic E-state index is 5.61. The van der Waals surface area contributed by atoms with Gasteiger partial charge in [-0.15, -0.1) is 0 Å². The Hall–Kier alpha value is -1.55. The van der Waals surface area contributed by atoms with Gasteiger partial charge >= 0.3 is 0 Å². The molecule has 0 amide bonds. The Morgan fingerprint density at radius 3 is 3.07 bits per heavy atom. The number of aromatic amines is 1. The highest BCUT2D eigenvalue weighted by molar-refractivity contribution is 5.82. The van der Waals surface area contributed by atoms with Crippen LogP contribution in [0.1, 0.15) is 12.6 Å². The summed E-state index contributed by atoms with van der Waals surface area (Å²) in [5.74, 6) is 0.811. The molecule has 15 heavy (non-hydrogen) atoms. The highest BCUT2D eigenvalue weighted by atomic mass is 16.5. The molecule has 0 spiro atoms. The van der Waals surface area contributed by atoms with Gasteiger partial charge < -0.3 is 10.5 Å². The smallest absolute Gasteiger partial charge is 0.121 e. The van der Waals surface area contributed by atoms with Crippen LogP contribution in [0.2, 0.25) is 0 Å². The zero-order valence-electron chi connectivity index (χ0n) is 8.95. The molecule has 3 N–H and O–H groups in total. The average Bonchev–Trinajstić information content (AvgIpc) is 2.57. The molecule has 0 aliphatic carbocycles. The number of benzene rings is 1. The molecule has 1 aromatic heterocycles. The van der Waals surface area contributed by atoms with Crippen LogP contribution >= 0.6 is 0 Å². The molecule has 2 aromatic rings. The number of fused-ring (bicyclic) bond motifs is 1. The van der Waals surface area contributed by atoms with Crippen molar-refractivity contribution in [2.24, 2.45) is 5.73 Å². The Kier molecular flexibility index (Phi) is 2.60. The topological polar surface area (TPSA) is 63.9 Å². The van der Waals surface area contributed by atoms with Crippen molar-refractivity contribution in [3.63, 3.8) is 0 Å². The van der Waals surface area contributed by atoms with Gasteiger partial charge in [0.15, 0.2) is 0 Å². The maximum absolute atomic E-state index is 5.61. The highest BCUT2D eigenvalue weighted by Gasteiger charge is 2.03. The van der Waals surface area contributed by atoms with Crippen LogP contribution in [0.3, 0.4) is 0 Å². The highest BCUT2D eigenvalue weighted by Crippen LogP contribution is 2.21. The Morgan fingerprint density at radius 1 is 1.53 bits per heavy atom. The third kappa shape index (κ3) is 2.10. The minimum Gasteiger partial charge on any atom is -0.492 e. The molecule has 4 heteroatoms. The Morgan fingerprint density at radius 2 is 2.33 bits per heavy atom. The number of aryl methyl sites for hydroxylation is 1. The second-order valence-electron chi connectivity index (χ2n) is 3.82. The number of rotatable bonds is 3. The molecule has 4 nitrogen and oxygen atoms in total. The third-order valence-electron chi connectivity index (χ3n) is 2.23. The molecule has 80 valence electrons. The summed E-state index contributed by atoms with van der Waals surface area (Å²) in [6.45, 7) is 4.43. The van der Waals surface area contributed by atoms with Gasteiger partial charge in [-0.25, -0.2) is 0 Å². The largest absolute Gasteiger partial charge is 0.492 e. The van der Waals surface area contributed by atoms with Gasteiger partial charge in [0.1, 0.15) is 12.4 Å². The molecular weight excluding hydrogens is 190 g/mol. The van der Waals surface area contributed by atoms with Gasteiger partial charge in [0.05, 0.1) is 5.52 Å². The summed E-state index contributed by atoms with van der Waals surface area (Å²) >= 11 is 0. The number of hydrogen-bond acceptors (Lipinski definition) is 3. The van der Waals surface area contributed by atoms with Gasteiger partial charge in [-0.05, 0) is 26.0 Å². The molecule has 2 rings (SSSR count). The van der Waals surface area contributed by atoms with Crippen LogP contribution in [-0.4, -0.2) is 22.8 Å². The number of hydrogen-bond donors (Lipinski definition) is 2. The zero-order valence-corrected chi connectivity index (χ0v) is 8.95. The van der Waals surface area contributed by atoms with E-state index >= 15 is 0 Å². The first-order valence-electron chi connectivity index (χ1n) is 5.00. The van der Waals surface area contributed by atoms with Gasteiger partial charge in [-0.3, -0.25) is 5.10 Å². The number of nitrogens with one attached hydrogen (secondary N) is 1. The average molecular weight is 205 g/mol. The molecule has 0 saturated carbocycles. The lowest BCUT2D eigenvalue weighted by molar-refractivity contribution is 0.296. The lowest BCUT2D eigenvalue weighted by Crippen LogP contribution is -2.23. The standard InChI is InChI=1S/C11H15N3O/c1-7(12)6-15-9-3-4-10-8(2)13-14-11(10)5-9/h3-5,7H,6,12H2,1-2H3,(H,13,14). The lowest BCUT2D eigenvalue weighted by atomic mass is 10.2. The molecule has 1 aromatic carbocycles. The van der Waals surface area contributed by atoms with Crippen LogP contribution in [0.4, 0.5) is 0 Å². The predicted octanol–water partition coefficient (Wildman–Crippen LogP) is 1.60. The van der Waals surface area contributed by atoms with Gasteiger partial charge in [0.25, 0.3) is 0 Å². The van der Waals surface area contributed by atoms with E-state index in [1.807, 2.05) is 32.0 Å². The van der Waals surface area contributed by atoms with E-state index in [2.05, 4.69) is 10.2 Å². The van der Waals surface area contributed by atoms with Crippen molar-refractivity contribution in [2.75, 3.05) is 6.61 Å². The lowest BCUT2D eigenvalue weighted by Gasteiger charge is -2.08. The maximum Gasteiger partial charge on any atom is 0.121 e. The number of ether oxygens (including phenoxy) is 1. The Balaban J connectivity index is 2.23. The minimum atomic E-state index is 0.0432. The van der Waals surface area contributed by atoms with E-state index in [9.17, 15) is 0 Å². The van der Waals surface area contributed by atoms with Crippen LogP contribution in [-0.2, 0) is 0 Å². The van der Waals surface area contributed by atoms with Gasteiger partial charge in [0.2, 0.25) is 0 Å². The molecule has 0 fully saturated rings. The second-order valence-corrected chi connectivity index (χ2v) is 3.82. The van der Waals surface area contributed by atoms with Crippen molar-refractivity contribution in [2.45, 2.75) is 19.9 Å². The summed E-state index contributed by atoms with van der Waals surface area (Å²) in [4.78, 5) is 0. The quantitative estimate of drug-likeness (QED) is 0.799. The molecule has 0 saturated heterocycles. The van der Waals surface area contributed by atoms with Crippen molar-refractivity contribution in [1.82, 2.24) is 10.2 Å². The first kappa shape index (κ1) is 9.98. The van der Waals surface area contributed by atoms with E-state index in [1.165, 1.54) is 0 Å². The summed E-state index contributed by atoms with van der Waals surface area (Å²) < 4.78 is 5.51. The van der Waals surface area contributed by atoms with Crippen molar-refractivity contribution < 1.29 is 4.74 Å². The van der Waals surface area contributed by atoms with Gasteiger partial charge in [-0.2, -0.15) is 5.10 Å². The zero-order chi connectivity index (χ0) is 10.8. The number of nitrogens with zero attached hydrogens (tertiary/aromatic N) is 1. The molecule has 0 bridgehead atoms. The predicted molar refractivity (Wildman–Crippen MR) is 60.0 cm³/mol. The van der Waals surface area contributed by atoms with Crippen LogP contribution in [0.25, 0.3) is 10.9 Å². The molecular formula is C11H15N3O. The molecule has 0 radical (unpaired) electrons. The SMILES string of the molecule is Cc1[nH]nc2cc(OCC(C)N)ccc12. The Labute approximate surface area is 88.4 Å². The second kappa shape index (κ2) is 3.90. The van der Waals surface area contributed by atoms with E-state index in [1.54, 1.807) is 0 Å². The summed E-state index contributed by atoms with van der Waals surface area (Å²) in [5, 5.41) is 8.24. The normalized spacial score (nSPS) is 13.0. The van der Waals surface area contributed by atoms with E-state index in [4.69, 9.17) is 10.5 Å². The van der Waals surface area contributed by atoms with E-state index in [0.29, 0.717) is 6.61 Å². The monoisotopic (exact) mass is 205 g/mol. The third-order valence-corrected chi connectivity index (χ3v) is 2.23. The Bertz CT molecular complexity index is 462. The fourth-order valence-corrected chi connectivity index (χ4v) is 1.44. The molecule has 0 aliphatic rings. The number of aromatic nitrogens is 2. The minimum absolute atomic E-state index is 0.0432. The fraction of sp³-hybridized carbons (Fsp3) is 0.364. The number of nitrogens with two attached hydrogens (primary N) is 1. The van der Waals surface area contributed by atoms with E-state index in [0.717, 1.165) is 22.3 Å². The first-order chi connectivity index (χ1) is 7.16. The number of H-pyrrole nitrogens is 1. The van der Waals surface area contributed by atoms with E-state index < -0.39 is 0 Å². The summed E-state index contributed by atoms with van der Waals surface area (Å²) in [7, 11) is 0. The van der Waals surface area contributed by atoms with E-state index in [-0.39, 0.29) is 6.04 Å². The summed E-state index contributed by atoms with van der Waals surface area (Å²) in [6, 6.07) is 5.90. The van der Waals surface area contributed by atoms with Crippen molar-refractivity contribution in [1.29, 1.82) is 0 Å². The first-order valence-corrected chi connectivity index (χ1v) is 5.00. The van der Waals surface area contributed by atoms with Crippen LogP contribution in [0.15, 0.2) is 18.2 Å². The van der Waals surface area contributed by atoms with Crippen molar-refractivity contribution in [3.05, 3.63) is 23.9 Å². The molecule has 1 unspecified atom stereocenters. The van der Waals surface area contributed by atoms with Crippen molar-refractivity contribution >= 4 is 10.9 Å². The van der Waals surface area contributed by atoms with Crippen LogP contribution in [0, 0.1) is 6.92 Å². The summed E-state index contributed by atoms with van der Waals surface area (Å²) in [6.07, 6.45) is 0. The van der Waals surface area contributed by atoms with Gasteiger partial charge in [-0.1, -0.05) is 0 Å². The molecule has 0 aliphatic heterocycles. The molecule has 1 atom stereocenters. The van der Waals surface area contributed by atoms with Gasteiger partial charge in [0, 0.05) is 23.2 Å². The van der Waals surface area contributed by atoms with Crippen molar-refractivity contribution in [3.8, 4) is 5.75 Å². The molecule has 1 heterocycles. The summed E-state index contributed by atoms with van der Waals surface area (Å²) in [5.41, 5.74) is 7.61. The fourth-order valence-electron chi connectivity index (χ4n) is 1.44. The van der Waals surface area contributed by atoms with Crippen LogP contribution < -0.4 is 10.5 Å². The van der Waals surface area contributed by atoms with Crippen LogP contribution in [0.5, 0.6) is 5.75 Å².